The van der Waals surface area contributed by atoms with Crippen LogP contribution >= 0.6 is 11.3 Å². The highest BCUT2D eigenvalue weighted by Crippen LogP contribution is 2.28. The molecule has 0 saturated heterocycles. The monoisotopic (exact) mass is 365 g/mol. The topological polar surface area (TPSA) is 75.4 Å². The fraction of sp³-hybridized carbons (Fsp3) is 0.611. The molecule has 0 radical (unpaired) electrons. The summed E-state index contributed by atoms with van der Waals surface area (Å²) >= 11 is 1.24. The first-order chi connectivity index (χ1) is 12.0. The van der Waals surface area contributed by atoms with Gasteiger partial charge < -0.3 is 14.6 Å². The number of hydrogen-bond acceptors (Lipinski definition) is 6. The lowest BCUT2D eigenvalue weighted by molar-refractivity contribution is 0.0831. The summed E-state index contributed by atoms with van der Waals surface area (Å²) in [6.07, 6.45) is 7.19. The van der Waals surface area contributed by atoms with Crippen LogP contribution in [0.5, 0.6) is 0 Å². The van der Waals surface area contributed by atoms with Crippen molar-refractivity contribution in [1.82, 2.24) is 9.88 Å². The van der Waals surface area contributed by atoms with Gasteiger partial charge in [-0.3, -0.25) is 4.79 Å². The number of nitrogens with one attached hydrogen (secondary N) is 1. The number of nitrogens with zero attached hydrogens (tertiary/aromatic N) is 2. The van der Waals surface area contributed by atoms with Crippen LogP contribution in [-0.2, 0) is 0 Å². The van der Waals surface area contributed by atoms with Crippen LogP contribution in [0.2, 0.25) is 0 Å². The van der Waals surface area contributed by atoms with Gasteiger partial charge in [-0.2, -0.15) is 4.98 Å². The third-order valence-corrected chi connectivity index (χ3v) is 5.31. The zero-order chi connectivity index (χ0) is 18.4. The average Bonchev–Trinajstić information content (AvgIpc) is 2.90. The van der Waals surface area contributed by atoms with E-state index in [2.05, 4.69) is 17.2 Å². The smallest absolute Gasteiger partial charge is 0.349 e. The minimum atomic E-state index is -0.443. The molecule has 0 spiro atoms. The summed E-state index contributed by atoms with van der Waals surface area (Å²) in [5, 5.41) is 3.49. The molecule has 2 rings (SSSR count). The molecule has 7 heteroatoms. The van der Waals surface area contributed by atoms with Crippen LogP contribution in [-0.4, -0.2) is 36.4 Å². The van der Waals surface area contributed by atoms with Gasteiger partial charge in [0.2, 0.25) is 0 Å². The summed E-state index contributed by atoms with van der Waals surface area (Å²) < 4.78 is 5.27. The second-order valence-corrected chi connectivity index (χ2v) is 7.44. The summed E-state index contributed by atoms with van der Waals surface area (Å²) in [5.41, 5.74) is 0.199. The number of aryl methyl sites for hydroxylation is 1. The van der Waals surface area contributed by atoms with Crippen LogP contribution in [0.4, 0.5) is 6.01 Å². The van der Waals surface area contributed by atoms with Crippen LogP contribution in [0.1, 0.15) is 60.7 Å². The molecule has 25 heavy (non-hydrogen) atoms. The van der Waals surface area contributed by atoms with Gasteiger partial charge in [0, 0.05) is 20.6 Å². The number of unbranched alkanes of at least 4 members (excludes halogenated alkanes) is 5. The van der Waals surface area contributed by atoms with E-state index in [0.717, 1.165) is 19.4 Å². The van der Waals surface area contributed by atoms with Gasteiger partial charge in [-0.15, -0.1) is 11.3 Å². The van der Waals surface area contributed by atoms with E-state index in [0.29, 0.717) is 20.7 Å². The van der Waals surface area contributed by atoms with E-state index in [4.69, 9.17) is 4.42 Å². The molecular formula is C18H27N3O3S. The summed E-state index contributed by atoms with van der Waals surface area (Å²) in [4.78, 5) is 31.4. The van der Waals surface area contributed by atoms with Crippen molar-refractivity contribution in [1.29, 1.82) is 0 Å². The Bertz CT molecular complexity index is 780. The molecule has 0 aliphatic heterocycles. The Labute approximate surface area is 152 Å². The molecule has 138 valence electrons. The van der Waals surface area contributed by atoms with E-state index >= 15 is 0 Å². The summed E-state index contributed by atoms with van der Waals surface area (Å²) in [6, 6.07) is 0.233. The van der Waals surface area contributed by atoms with E-state index in [1.165, 1.54) is 41.9 Å². The summed E-state index contributed by atoms with van der Waals surface area (Å²) in [7, 11) is 3.38. The Balaban J connectivity index is 2.06. The molecule has 2 aromatic rings. The number of aromatic nitrogens is 1. The molecule has 1 N–H and O–H groups in total. The molecule has 2 aromatic heterocycles. The lowest BCUT2D eigenvalue weighted by Crippen LogP contribution is -2.21. The third-order valence-electron chi connectivity index (χ3n) is 4.13. The lowest BCUT2D eigenvalue weighted by atomic mass is 10.1. The number of hydrogen-bond donors (Lipinski definition) is 1. The number of carbonyl (C=O) groups is 1. The van der Waals surface area contributed by atoms with Crippen molar-refractivity contribution in [3.8, 4) is 0 Å². The number of rotatable bonds is 9. The molecule has 0 aliphatic carbocycles. The minimum Gasteiger partial charge on any atom is -0.389 e. The fourth-order valence-electron chi connectivity index (χ4n) is 2.65. The predicted octanol–water partition coefficient (Wildman–Crippen LogP) is 4.03. The minimum absolute atomic E-state index is 0.124. The predicted molar refractivity (Wildman–Crippen MR) is 103 cm³/mol. The highest BCUT2D eigenvalue weighted by Gasteiger charge is 2.21. The first-order valence-corrected chi connectivity index (χ1v) is 9.67. The van der Waals surface area contributed by atoms with Crippen molar-refractivity contribution >= 4 is 33.5 Å². The van der Waals surface area contributed by atoms with Crippen molar-refractivity contribution < 1.29 is 9.21 Å². The van der Waals surface area contributed by atoms with E-state index < -0.39 is 5.63 Å². The molecule has 0 atom stereocenters. The van der Waals surface area contributed by atoms with Crippen molar-refractivity contribution in [3.63, 3.8) is 0 Å². The normalized spacial score (nSPS) is 11.0. The van der Waals surface area contributed by atoms with E-state index in [1.807, 2.05) is 0 Å². The van der Waals surface area contributed by atoms with Gasteiger partial charge in [0.05, 0.1) is 4.88 Å². The molecule has 1 amide bonds. The number of amides is 1. The Kier molecular flexibility index (Phi) is 6.99. The van der Waals surface area contributed by atoms with Crippen LogP contribution in [0.25, 0.3) is 10.2 Å². The summed E-state index contributed by atoms with van der Waals surface area (Å²) in [5.74, 6) is -0.124. The molecule has 0 aromatic carbocycles. The number of anilines is 1. The Morgan fingerprint density at radius 1 is 1.20 bits per heavy atom. The largest absolute Gasteiger partial charge is 0.389 e. The van der Waals surface area contributed by atoms with Crippen LogP contribution < -0.4 is 10.9 Å². The second kappa shape index (κ2) is 8.99. The second-order valence-electron chi connectivity index (χ2n) is 6.44. The zero-order valence-electron chi connectivity index (χ0n) is 15.5. The zero-order valence-corrected chi connectivity index (χ0v) is 16.3. The Morgan fingerprint density at radius 3 is 2.56 bits per heavy atom. The SMILES string of the molecule is CCCCCCCCNc1nc2sc(C(=O)N(C)C)c(C)c2c(=O)o1. The molecule has 0 unspecified atom stereocenters. The number of fused-ring (bicyclic) bond motifs is 1. The number of carbonyl (C=O) groups excluding carboxylic acids is 1. The molecule has 0 saturated carbocycles. The van der Waals surface area contributed by atoms with Crippen LogP contribution in [0.3, 0.4) is 0 Å². The van der Waals surface area contributed by atoms with Gasteiger partial charge >= 0.3 is 5.63 Å². The third kappa shape index (κ3) is 4.81. The highest BCUT2D eigenvalue weighted by molar-refractivity contribution is 7.20. The average molecular weight is 365 g/mol. The maximum atomic E-state index is 12.3. The Morgan fingerprint density at radius 2 is 1.88 bits per heavy atom. The molecule has 0 bridgehead atoms. The van der Waals surface area contributed by atoms with Gasteiger partial charge in [0.15, 0.2) is 0 Å². The maximum Gasteiger partial charge on any atom is 0.349 e. The van der Waals surface area contributed by atoms with Crippen molar-refractivity contribution in [3.05, 3.63) is 20.9 Å². The van der Waals surface area contributed by atoms with Crippen molar-refractivity contribution in [2.45, 2.75) is 52.4 Å². The fourth-order valence-corrected chi connectivity index (χ4v) is 3.84. The first kappa shape index (κ1) is 19.4. The van der Waals surface area contributed by atoms with E-state index in [-0.39, 0.29) is 11.9 Å². The molecular weight excluding hydrogens is 338 g/mol. The van der Waals surface area contributed by atoms with E-state index in [1.54, 1.807) is 21.0 Å². The quantitative estimate of drug-likeness (QED) is 0.679. The van der Waals surface area contributed by atoms with E-state index in [9.17, 15) is 9.59 Å². The van der Waals surface area contributed by atoms with Crippen molar-refractivity contribution in [2.75, 3.05) is 26.0 Å². The molecule has 0 fully saturated rings. The maximum absolute atomic E-state index is 12.3. The van der Waals surface area contributed by atoms with Crippen LogP contribution in [0, 0.1) is 6.92 Å². The van der Waals surface area contributed by atoms with Gasteiger partial charge in [0.25, 0.3) is 11.9 Å². The van der Waals surface area contributed by atoms with Gasteiger partial charge in [-0.25, -0.2) is 4.79 Å². The van der Waals surface area contributed by atoms with Crippen molar-refractivity contribution in [2.24, 2.45) is 0 Å². The number of thiophene rings is 1. The lowest BCUT2D eigenvalue weighted by Gasteiger charge is -2.08. The van der Waals surface area contributed by atoms with Gasteiger partial charge in [-0.05, 0) is 18.9 Å². The standard InChI is InChI=1S/C18H27N3O3S/c1-5-6-7-8-9-10-11-19-18-20-15-13(17(23)24-18)12(2)14(25-15)16(22)21(3)4/h5-11H2,1-4H3,(H,19,20). The first-order valence-electron chi connectivity index (χ1n) is 8.85. The van der Waals surface area contributed by atoms with Gasteiger partial charge in [-0.1, -0.05) is 39.0 Å². The summed E-state index contributed by atoms with van der Waals surface area (Å²) in [6.45, 7) is 4.69. The van der Waals surface area contributed by atoms with Gasteiger partial charge in [0.1, 0.15) is 10.2 Å². The van der Waals surface area contributed by atoms with Crippen LogP contribution in [0.15, 0.2) is 9.21 Å². The molecule has 2 heterocycles. The Hall–Kier alpha value is -1.89. The molecule has 0 aliphatic rings. The highest BCUT2D eigenvalue weighted by atomic mass is 32.1. The molecule has 6 nitrogen and oxygen atoms in total.